The molecule has 0 spiro atoms. The number of aromatic nitrogens is 3. The molecule has 0 atom stereocenters. The predicted molar refractivity (Wildman–Crippen MR) is 71.4 cm³/mol. The van der Waals surface area contributed by atoms with Crippen LogP contribution in [0.1, 0.15) is 18.6 Å². The van der Waals surface area contributed by atoms with Crippen molar-refractivity contribution in [2.45, 2.75) is 19.9 Å². The van der Waals surface area contributed by atoms with Crippen LogP contribution in [-0.4, -0.2) is 19.6 Å². The monoisotopic (exact) mass is 272 g/mol. The molecule has 1 aromatic carbocycles. The lowest BCUT2D eigenvalue weighted by molar-refractivity contribution is -0.384. The van der Waals surface area contributed by atoms with Gasteiger partial charge >= 0.3 is 0 Å². The van der Waals surface area contributed by atoms with E-state index in [0.717, 1.165) is 10.9 Å². The molecule has 0 N–H and O–H groups in total. The Morgan fingerprint density at radius 2 is 2.25 bits per heavy atom. The molecule has 3 rings (SSSR count). The van der Waals surface area contributed by atoms with E-state index in [1.807, 2.05) is 23.8 Å². The Kier molecular flexibility index (Phi) is 2.94. The van der Waals surface area contributed by atoms with Crippen molar-refractivity contribution in [3.8, 4) is 0 Å². The molecule has 0 amide bonds. The first-order chi connectivity index (χ1) is 9.67. The van der Waals surface area contributed by atoms with Crippen molar-refractivity contribution in [2.24, 2.45) is 0 Å². The van der Waals surface area contributed by atoms with Gasteiger partial charge in [0.15, 0.2) is 5.82 Å². The third-order valence-electron chi connectivity index (χ3n) is 3.09. The Bertz CT molecular complexity index is 775. The Morgan fingerprint density at radius 1 is 1.40 bits per heavy atom. The van der Waals surface area contributed by atoms with Crippen molar-refractivity contribution >= 4 is 16.6 Å². The lowest BCUT2D eigenvalue weighted by Gasteiger charge is -2.01. The number of nitro groups is 1. The first-order valence-corrected chi connectivity index (χ1v) is 6.22. The van der Waals surface area contributed by atoms with E-state index in [9.17, 15) is 10.1 Å². The lowest BCUT2D eigenvalue weighted by Crippen LogP contribution is -2.00. The summed E-state index contributed by atoms with van der Waals surface area (Å²) in [5.41, 5.74) is 0.849. The van der Waals surface area contributed by atoms with E-state index in [2.05, 4.69) is 10.1 Å². The molecule has 2 heterocycles. The molecule has 7 nitrogen and oxygen atoms in total. The van der Waals surface area contributed by atoms with Crippen LogP contribution >= 0.6 is 0 Å². The van der Waals surface area contributed by atoms with Gasteiger partial charge in [0.1, 0.15) is 0 Å². The van der Waals surface area contributed by atoms with E-state index < -0.39 is 4.92 Å². The first kappa shape index (κ1) is 12.3. The summed E-state index contributed by atoms with van der Waals surface area (Å²) in [6.45, 7) is 2.36. The maximum Gasteiger partial charge on any atom is 0.271 e. The smallest absolute Gasteiger partial charge is 0.271 e. The van der Waals surface area contributed by atoms with Crippen molar-refractivity contribution in [3.63, 3.8) is 0 Å². The molecule has 0 saturated heterocycles. The molecule has 0 unspecified atom stereocenters. The number of benzene rings is 1. The zero-order valence-corrected chi connectivity index (χ0v) is 10.8. The van der Waals surface area contributed by atoms with E-state index in [1.165, 1.54) is 6.07 Å². The molecule has 0 aliphatic carbocycles. The molecule has 0 radical (unpaired) electrons. The fraction of sp³-hybridized carbons (Fsp3) is 0.231. The van der Waals surface area contributed by atoms with E-state index in [0.29, 0.717) is 24.7 Å². The van der Waals surface area contributed by atoms with E-state index in [1.54, 1.807) is 12.1 Å². The van der Waals surface area contributed by atoms with Crippen LogP contribution in [0.4, 0.5) is 5.69 Å². The van der Waals surface area contributed by atoms with Crippen molar-refractivity contribution < 1.29 is 9.45 Å². The van der Waals surface area contributed by atoms with E-state index >= 15 is 0 Å². The van der Waals surface area contributed by atoms with Crippen LogP contribution in [0, 0.1) is 10.1 Å². The number of fused-ring (bicyclic) bond motifs is 1. The summed E-state index contributed by atoms with van der Waals surface area (Å²) in [7, 11) is 0. The van der Waals surface area contributed by atoms with Gasteiger partial charge in [0, 0.05) is 30.1 Å². The van der Waals surface area contributed by atoms with Crippen molar-refractivity contribution in [1.29, 1.82) is 0 Å². The van der Waals surface area contributed by atoms with Gasteiger partial charge in [0.2, 0.25) is 5.89 Å². The molecular weight excluding hydrogens is 260 g/mol. The van der Waals surface area contributed by atoms with Gasteiger partial charge in [-0.15, -0.1) is 0 Å². The van der Waals surface area contributed by atoms with E-state index in [4.69, 9.17) is 4.52 Å². The molecule has 0 saturated carbocycles. The summed E-state index contributed by atoms with van der Waals surface area (Å²) in [4.78, 5) is 14.7. The first-order valence-electron chi connectivity index (χ1n) is 6.22. The van der Waals surface area contributed by atoms with Crippen molar-refractivity contribution in [3.05, 3.63) is 52.3 Å². The molecule has 7 heteroatoms. The molecule has 0 aliphatic rings. The second-order valence-corrected chi connectivity index (χ2v) is 4.40. The summed E-state index contributed by atoms with van der Waals surface area (Å²) >= 11 is 0. The minimum absolute atomic E-state index is 0.0693. The Morgan fingerprint density at radius 3 is 2.95 bits per heavy atom. The van der Waals surface area contributed by atoms with Crippen LogP contribution in [0.3, 0.4) is 0 Å². The van der Waals surface area contributed by atoms with Crippen LogP contribution in [0.25, 0.3) is 10.9 Å². The van der Waals surface area contributed by atoms with Crippen LogP contribution in [0.5, 0.6) is 0 Å². The molecular formula is C13H12N4O3. The number of hydrogen-bond donors (Lipinski definition) is 0. The molecule has 0 aliphatic heterocycles. The van der Waals surface area contributed by atoms with Gasteiger partial charge in [-0.05, 0) is 12.1 Å². The minimum Gasteiger partial charge on any atom is -0.339 e. The molecule has 0 bridgehead atoms. The van der Waals surface area contributed by atoms with Crippen LogP contribution in [0.2, 0.25) is 0 Å². The number of aryl methyl sites for hydroxylation is 1. The van der Waals surface area contributed by atoms with E-state index in [-0.39, 0.29) is 5.69 Å². The Balaban J connectivity index is 1.98. The van der Waals surface area contributed by atoms with Crippen LogP contribution < -0.4 is 0 Å². The minimum atomic E-state index is -0.402. The fourth-order valence-corrected chi connectivity index (χ4v) is 2.07. The second kappa shape index (κ2) is 4.76. The Labute approximate surface area is 114 Å². The average Bonchev–Trinajstić information content (AvgIpc) is 3.06. The zero-order chi connectivity index (χ0) is 14.1. The molecule has 2 aromatic heterocycles. The SMILES string of the molecule is CCc1nc(Cn2ccc3ccc([N+](=O)[O-])cc32)no1. The normalized spacial score (nSPS) is 11.1. The van der Waals surface area contributed by atoms with Gasteiger partial charge < -0.3 is 9.09 Å². The van der Waals surface area contributed by atoms with Crippen LogP contribution in [0.15, 0.2) is 35.0 Å². The maximum atomic E-state index is 10.8. The third-order valence-corrected chi connectivity index (χ3v) is 3.09. The standard InChI is InChI=1S/C13H12N4O3/c1-2-13-14-12(15-20-13)8-16-6-5-9-3-4-10(17(18)19)7-11(9)16/h3-7H,2,8H2,1H3. The van der Waals surface area contributed by atoms with Gasteiger partial charge in [0.25, 0.3) is 5.69 Å². The van der Waals surface area contributed by atoms with Gasteiger partial charge in [-0.2, -0.15) is 4.98 Å². The van der Waals surface area contributed by atoms with Crippen molar-refractivity contribution in [1.82, 2.24) is 14.7 Å². The molecule has 102 valence electrons. The molecule has 3 aromatic rings. The van der Waals surface area contributed by atoms with Gasteiger partial charge in [-0.25, -0.2) is 0 Å². The summed E-state index contributed by atoms with van der Waals surface area (Å²) < 4.78 is 6.92. The zero-order valence-electron chi connectivity index (χ0n) is 10.8. The van der Waals surface area contributed by atoms with Gasteiger partial charge in [0.05, 0.1) is 17.0 Å². The number of hydrogen-bond acceptors (Lipinski definition) is 5. The topological polar surface area (TPSA) is 87.0 Å². The summed E-state index contributed by atoms with van der Waals surface area (Å²) in [5, 5.41) is 15.7. The highest BCUT2D eigenvalue weighted by molar-refractivity contribution is 5.82. The third kappa shape index (κ3) is 2.13. The maximum absolute atomic E-state index is 10.8. The van der Waals surface area contributed by atoms with Gasteiger partial charge in [-0.3, -0.25) is 10.1 Å². The highest BCUT2D eigenvalue weighted by Gasteiger charge is 2.11. The van der Waals surface area contributed by atoms with Crippen LogP contribution in [-0.2, 0) is 13.0 Å². The summed E-state index contributed by atoms with van der Waals surface area (Å²) in [6, 6.07) is 6.68. The number of rotatable bonds is 4. The number of nitrogens with zero attached hydrogens (tertiary/aromatic N) is 4. The molecule has 0 fully saturated rings. The predicted octanol–water partition coefficient (Wildman–Crippen LogP) is 2.54. The molecule has 20 heavy (non-hydrogen) atoms. The number of nitro benzene ring substituents is 1. The fourth-order valence-electron chi connectivity index (χ4n) is 2.07. The summed E-state index contributed by atoms with van der Waals surface area (Å²) in [6.07, 6.45) is 2.54. The van der Waals surface area contributed by atoms with Gasteiger partial charge in [-0.1, -0.05) is 12.1 Å². The quantitative estimate of drug-likeness (QED) is 0.538. The average molecular weight is 272 g/mol. The number of non-ortho nitro benzene ring substituents is 1. The lowest BCUT2D eigenvalue weighted by atomic mass is 10.2. The highest BCUT2D eigenvalue weighted by Crippen LogP contribution is 2.22. The van der Waals surface area contributed by atoms with Crippen molar-refractivity contribution in [2.75, 3.05) is 0 Å². The second-order valence-electron chi connectivity index (χ2n) is 4.40. The largest absolute Gasteiger partial charge is 0.339 e. The Hall–Kier alpha value is -2.70. The highest BCUT2D eigenvalue weighted by atomic mass is 16.6. The summed E-state index contributed by atoms with van der Waals surface area (Å²) in [5.74, 6) is 1.15.